The van der Waals surface area contributed by atoms with Gasteiger partial charge in [0.25, 0.3) is 0 Å². The first-order valence-corrected chi connectivity index (χ1v) is 6.32. The van der Waals surface area contributed by atoms with Gasteiger partial charge in [-0.2, -0.15) is 0 Å². The lowest BCUT2D eigenvalue weighted by Gasteiger charge is -2.17. The summed E-state index contributed by atoms with van der Waals surface area (Å²) in [5.41, 5.74) is 1.59. The summed E-state index contributed by atoms with van der Waals surface area (Å²) in [4.78, 5) is 12.2. The summed E-state index contributed by atoms with van der Waals surface area (Å²) in [7, 11) is 0. The van der Waals surface area contributed by atoms with Crippen molar-refractivity contribution in [3.8, 4) is 12.3 Å². The molecule has 1 N–H and O–H groups in total. The zero-order valence-electron chi connectivity index (χ0n) is 10.1. The lowest BCUT2D eigenvalue weighted by atomic mass is 9.93. The van der Waals surface area contributed by atoms with E-state index >= 15 is 0 Å². The van der Waals surface area contributed by atoms with Crippen molar-refractivity contribution >= 4 is 11.6 Å². The fourth-order valence-corrected chi connectivity index (χ4v) is 3.00. The predicted molar refractivity (Wildman–Crippen MR) is 71.9 cm³/mol. The first-order chi connectivity index (χ1) is 8.76. The van der Waals surface area contributed by atoms with E-state index in [9.17, 15) is 4.79 Å². The molecule has 2 aliphatic rings. The second kappa shape index (κ2) is 4.34. The van der Waals surface area contributed by atoms with Crippen LogP contribution in [0, 0.1) is 30.1 Å². The molecular formula is C16H15NO. The van der Waals surface area contributed by atoms with Crippen LogP contribution in [0.3, 0.4) is 0 Å². The average molecular weight is 237 g/mol. The summed E-state index contributed by atoms with van der Waals surface area (Å²) in [5.74, 6) is 3.88. The molecule has 90 valence electrons. The van der Waals surface area contributed by atoms with Gasteiger partial charge in [-0.3, -0.25) is 4.79 Å². The number of rotatable bonds is 2. The molecule has 0 radical (unpaired) electrons. The molecule has 2 nitrogen and oxygen atoms in total. The predicted octanol–water partition coefficient (Wildman–Crippen LogP) is 2.82. The monoisotopic (exact) mass is 237 g/mol. The van der Waals surface area contributed by atoms with E-state index in [-0.39, 0.29) is 11.8 Å². The second-order valence-corrected chi connectivity index (χ2v) is 5.10. The highest BCUT2D eigenvalue weighted by Crippen LogP contribution is 2.43. The Morgan fingerprint density at radius 3 is 2.89 bits per heavy atom. The molecule has 0 spiro atoms. The van der Waals surface area contributed by atoms with E-state index in [1.165, 1.54) is 0 Å². The highest BCUT2D eigenvalue weighted by Gasteiger charge is 2.39. The number of amides is 1. The Morgan fingerprint density at radius 2 is 2.22 bits per heavy atom. The van der Waals surface area contributed by atoms with Crippen molar-refractivity contribution in [2.75, 3.05) is 5.32 Å². The zero-order chi connectivity index (χ0) is 12.5. The Hall–Kier alpha value is -2.01. The first-order valence-electron chi connectivity index (χ1n) is 6.32. The highest BCUT2D eigenvalue weighted by molar-refractivity contribution is 5.93. The molecule has 2 bridgehead atoms. The average Bonchev–Trinajstić information content (AvgIpc) is 3.01. The van der Waals surface area contributed by atoms with Crippen molar-refractivity contribution in [2.45, 2.75) is 12.8 Å². The van der Waals surface area contributed by atoms with Crippen LogP contribution in [0.5, 0.6) is 0 Å². The van der Waals surface area contributed by atoms with Gasteiger partial charge in [0.1, 0.15) is 0 Å². The lowest BCUT2D eigenvalue weighted by Crippen LogP contribution is -2.25. The van der Waals surface area contributed by atoms with Crippen LogP contribution in [-0.2, 0) is 4.79 Å². The van der Waals surface area contributed by atoms with Gasteiger partial charge in [-0.25, -0.2) is 0 Å². The van der Waals surface area contributed by atoms with Crippen LogP contribution >= 0.6 is 0 Å². The molecular weight excluding hydrogens is 222 g/mol. The quantitative estimate of drug-likeness (QED) is 0.622. The molecule has 2 aliphatic carbocycles. The van der Waals surface area contributed by atoms with E-state index in [2.05, 4.69) is 23.4 Å². The van der Waals surface area contributed by atoms with E-state index in [4.69, 9.17) is 6.42 Å². The van der Waals surface area contributed by atoms with Gasteiger partial charge in [0.2, 0.25) is 5.91 Å². The number of carbonyl (C=O) groups is 1. The largest absolute Gasteiger partial charge is 0.326 e. The third-order valence-corrected chi connectivity index (χ3v) is 3.91. The Labute approximate surface area is 107 Å². The molecule has 1 aromatic carbocycles. The van der Waals surface area contributed by atoms with Crippen LogP contribution in [0.25, 0.3) is 0 Å². The number of fused-ring (bicyclic) bond motifs is 2. The highest BCUT2D eigenvalue weighted by atomic mass is 16.1. The third-order valence-electron chi connectivity index (χ3n) is 3.91. The van der Waals surface area contributed by atoms with Crippen LogP contribution in [0.4, 0.5) is 5.69 Å². The second-order valence-electron chi connectivity index (χ2n) is 5.10. The summed E-state index contributed by atoms with van der Waals surface area (Å²) < 4.78 is 0. The number of terminal acetylenes is 1. The molecule has 0 saturated heterocycles. The Bertz CT molecular complexity index is 552. The van der Waals surface area contributed by atoms with Crippen molar-refractivity contribution in [2.24, 2.45) is 17.8 Å². The maximum Gasteiger partial charge on any atom is 0.228 e. The molecule has 3 atom stereocenters. The van der Waals surface area contributed by atoms with Crippen LogP contribution < -0.4 is 5.32 Å². The minimum atomic E-state index is 0.126. The molecule has 0 heterocycles. The SMILES string of the molecule is C#Cc1cccc(NC(=O)C2CC3C=CC2C3)c1. The molecule has 2 heteroatoms. The van der Waals surface area contributed by atoms with Crippen molar-refractivity contribution < 1.29 is 4.79 Å². The number of hydrogen-bond donors (Lipinski definition) is 1. The number of hydrogen-bond acceptors (Lipinski definition) is 1. The van der Waals surface area contributed by atoms with Crippen molar-refractivity contribution in [1.82, 2.24) is 0 Å². The summed E-state index contributed by atoms with van der Waals surface area (Å²) in [6.07, 6.45) is 11.9. The Morgan fingerprint density at radius 1 is 1.33 bits per heavy atom. The molecule has 1 saturated carbocycles. The van der Waals surface area contributed by atoms with Crippen LogP contribution in [0.2, 0.25) is 0 Å². The number of nitrogens with one attached hydrogen (secondary N) is 1. The molecule has 0 aromatic heterocycles. The fourth-order valence-electron chi connectivity index (χ4n) is 3.00. The van der Waals surface area contributed by atoms with Gasteiger partial charge in [-0.05, 0) is 42.9 Å². The van der Waals surface area contributed by atoms with Crippen molar-refractivity contribution in [3.63, 3.8) is 0 Å². The minimum Gasteiger partial charge on any atom is -0.326 e. The maximum atomic E-state index is 12.2. The molecule has 18 heavy (non-hydrogen) atoms. The lowest BCUT2D eigenvalue weighted by molar-refractivity contribution is -0.120. The molecule has 3 unspecified atom stereocenters. The van der Waals surface area contributed by atoms with E-state index in [0.717, 1.165) is 24.1 Å². The van der Waals surface area contributed by atoms with Crippen molar-refractivity contribution in [3.05, 3.63) is 42.0 Å². The molecule has 3 rings (SSSR count). The topological polar surface area (TPSA) is 29.1 Å². The number of benzene rings is 1. The smallest absolute Gasteiger partial charge is 0.228 e. The zero-order valence-corrected chi connectivity index (χ0v) is 10.1. The van der Waals surface area contributed by atoms with Crippen LogP contribution in [0.15, 0.2) is 36.4 Å². The van der Waals surface area contributed by atoms with Crippen LogP contribution in [0.1, 0.15) is 18.4 Å². The van der Waals surface area contributed by atoms with E-state index in [1.54, 1.807) is 0 Å². The molecule has 1 aromatic rings. The summed E-state index contributed by atoms with van der Waals surface area (Å²) in [6, 6.07) is 7.43. The summed E-state index contributed by atoms with van der Waals surface area (Å²) in [6.45, 7) is 0. The minimum absolute atomic E-state index is 0.126. The van der Waals surface area contributed by atoms with E-state index < -0.39 is 0 Å². The standard InChI is InChI=1S/C16H15NO/c1-2-11-4-3-5-14(9-11)17-16(18)15-10-12-6-7-13(15)8-12/h1,3-7,9,12-13,15H,8,10H2,(H,17,18). The van der Waals surface area contributed by atoms with Gasteiger partial charge in [0.05, 0.1) is 0 Å². The summed E-state index contributed by atoms with van der Waals surface area (Å²) in [5, 5.41) is 2.98. The molecule has 1 amide bonds. The van der Waals surface area contributed by atoms with Gasteiger partial charge >= 0.3 is 0 Å². The van der Waals surface area contributed by atoms with Gasteiger partial charge < -0.3 is 5.32 Å². The fraction of sp³-hybridized carbons (Fsp3) is 0.312. The maximum absolute atomic E-state index is 12.2. The van der Waals surface area contributed by atoms with Gasteiger partial charge in [0, 0.05) is 17.2 Å². The number of carbonyl (C=O) groups excluding carboxylic acids is 1. The van der Waals surface area contributed by atoms with Gasteiger partial charge in [-0.15, -0.1) is 6.42 Å². The van der Waals surface area contributed by atoms with Crippen molar-refractivity contribution in [1.29, 1.82) is 0 Å². The molecule has 1 fully saturated rings. The third kappa shape index (κ3) is 1.93. The van der Waals surface area contributed by atoms with E-state index in [0.29, 0.717) is 11.8 Å². The first kappa shape index (κ1) is 11.1. The van der Waals surface area contributed by atoms with E-state index in [1.807, 2.05) is 24.3 Å². The van der Waals surface area contributed by atoms with Gasteiger partial charge in [0.15, 0.2) is 0 Å². The Balaban J connectivity index is 1.71. The summed E-state index contributed by atoms with van der Waals surface area (Å²) >= 11 is 0. The number of allylic oxidation sites excluding steroid dienone is 2. The molecule has 0 aliphatic heterocycles. The van der Waals surface area contributed by atoms with Gasteiger partial charge in [-0.1, -0.05) is 24.1 Å². The number of anilines is 1. The van der Waals surface area contributed by atoms with Crippen LogP contribution in [-0.4, -0.2) is 5.91 Å². The normalized spacial score (nSPS) is 28.1. The Kier molecular flexibility index (Phi) is 2.68.